The van der Waals surface area contributed by atoms with Crippen LogP contribution in [0.15, 0.2) is 40.6 Å². The van der Waals surface area contributed by atoms with Crippen LogP contribution in [0.4, 0.5) is 0 Å². The maximum Gasteiger partial charge on any atom is 0.259 e. The zero-order valence-corrected chi connectivity index (χ0v) is 17.6. The number of aromatic amines is 1. The van der Waals surface area contributed by atoms with Gasteiger partial charge in [0, 0.05) is 41.3 Å². The maximum absolute atomic E-state index is 12.9. The van der Waals surface area contributed by atoms with Crippen molar-refractivity contribution >= 4 is 32.3 Å². The van der Waals surface area contributed by atoms with E-state index < -0.39 is 0 Å². The Labute approximate surface area is 177 Å². The fourth-order valence-corrected chi connectivity index (χ4v) is 5.46. The van der Waals surface area contributed by atoms with Crippen LogP contribution in [0.2, 0.25) is 0 Å². The van der Waals surface area contributed by atoms with Gasteiger partial charge in [-0.2, -0.15) is 0 Å². The second kappa shape index (κ2) is 6.70. The summed E-state index contributed by atoms with van der Waals surface area (Å²) in [5.41, 5.74) is 3.99. The van der Waals surface area contributed by atoms with Gasteiger partial charge in [-0.1, -0.05) is 6.07 Å². The Morgan fingerprint density at radius 2 is 2.13 bits per heavy atom. The van der Waals surface area contributed by atoms with Gasteiger partial charge in [0.15, 0.2) is 5.82 Å². The van der Waals surface area contributed by atoms with E-state index in [-0.39, 0.29) is 5.56 Å². The van der Waals surface area contributed by atoms with Gasteiger partial charge in [-0.25, -0.2) is 4.98 Å². The first-order chi connectivity index (χ1) is 14.6. The van der Waals surface area contributed by atoms with E-state index >= 15 is 0 Å². The number of ether oxygens (including phenoxy) is 1. The smallest absolute Gasteiger partial charge is 0.259 e. The summed E-state index contributed by atoms with van der Waals surface area (Å²) < 4.78 is 6.49. The molecule has 152 valence electrons. The van der Waals surface area contributed by atoms with Crippen LogP contribution in [0.25, 0.3) is 32.5 Å². The third kappa shape index (κ3) is 2.96. The van der Waals surface area contributed by atoms with Crippen LogP contribution in [0.3, 0.4) is 0 Å². The number of rotatable bonds is 4. The third-order valence-electron chi connectivity index (χ3n) is 6.29. The molecular weight excluding hydrogens is 396 g/mol. The van der Waals surface area contributed by atoms with E-state index in [1.165, 1.54) is 5.56 Å². The Morgan fingerprint density at radius 1 is 1.27 bits per heavy atom. The van der Waals surface area contributed by atoms with Crippen LogP contribution in [0, 0.1) is 12.3 Å². The molecule has 0 amide bonds. The molecule has 0 radical (unpaired) electrons. The van der Waals surface area contributed by atoms with E-state index in [9.17, 15) is 4.79 Å². The number of fused-ring (bicyclic) bond motifs is 2. The van der Waals surface area contributed by atoms with Gasteiger partial charge >= 0.3 is 0 Å². The van der Waals surface area contributed by atoms with Gasteiger partial charge in [0.1, 0.15) is 5.69 Å². The number of benzene rings is 1. The Morgan fingerprint density at radius 3 is 2.93 bits per heavy atom. The third-order valence-corrected chi connectivity index (χ3v) is 7.17. The fraction of sp³-hybridized carbons (Fsp3) is 0.348. The normalized spacial score (nSPS) is 18.0. The maximum atomic E-state index is 12.9. The van der Waals surface area contributed by atoms with Crippen molar-refractivity contribution in [3.63, 3.8) is 0 Å². The minimum absolute atomic E-state index is 0.109. The second-order valence-corrected chi connectivity index (χ2v) is 9.65. The predicted molar refractivity (Wildman–Crippen MR) is 119 cm³/mol. The van der Waals surface area contributed by atoms with Crippen LogP contribution in [0.1, 0.15) is 11.1 Å². The van der Waals surface area contributed by atoms with Crippen molar-refractivity contribution < 1.29 is 4.74 Å². The molecule has 0 unspecified atom stereocenters. The number of likely N-dealkylation sites (tertiary alicyclic amines) is 1. The predicted octanol–water partition coefficient (Wildman–Crippen LogP) is 3.38. The van der Waals surface area contributed by atoms with Crippen molar-refractivity contribution in [1.29, 1.82) is 0 Å². The lowest BCUT2D eigenvalue weighted by Crippen LogP contribution is -2.66. The van der Waals surface area contributed by atoms with Crippen molar-refractivity contribution in [2.45, 2.75) is 13.3 Å². The summed E-state index contributed by atoms with van der Waals surface area (Å²) >= 11 is 1.66. The summed E-state index contributed by atoms with van der Waals surface area (Å²) in [5.74, 6) is 0.521. The van der Waals surface area contributed by atoms with Crippen LogP contribution in [-0.2, 0) is 11.2 Å². The van der Waals surface area contributed by atoms with Crippen LogP contribution in [0.5, 0.6) is 0 Å². The van der Waals surface area contributed by atoms with E-state index in [2.05, 4.69) is 20.9 Å². The van der Waals surface area contributed by atoms with Gasteiger partial charge in [0.05, 0.1) is 24.1 Å². The minimum Gasteiger partial charge on any atom is -0.380 e. The summed E-state index contributed by atoms with van der Waals surface area (Å²) in [6, 6.07) is 8.19. The molecule has 0 saturated carbocycles. The highest BCUT2D eigenvalue weighted by Crippen LogP contribution is 2.37. The van der Waals surface area contributed by atoms with E-state index in [0.717, 1.165) is 60.4 Å². The molecule has 4 aromatic rings. The molecule has 30 heavy (non-hydrogen) atoms. The summed E-state index contributed by atoms with van der Waals surface area (Å²) in [4.78, 5) is 27.6. The molecule has 1 spiro atoms. The van der Waals surface area contributed by atoms with E-state index in [1.807, 2.05) is 36.7 Å². The van der Waals surface area contributed by atoms with Crippen molar-refractivity contribution in [2.75, 3.05) is 32.8 Å². The number of hydrogen-bond acceptors (Lipinski definition) is 6. The van der Waals surface area contributed by atoms with E-state index in [0.29, 0.717) is 22.3 Å². The Bertz CT molecular complexity index is 1330. The molecule has 2 fully saturated rings. The van der Waals surface area contributed by atoms with Crippen molar-refractivity contribution in [3.8, 4) is 11.5 Å². The number of aryl methyl sites for hydroxylation is 1. The lowest BCUT2D eigenvalue weighted by Gasteiger charge is -2.55. The highest BCUT2D eigenvalue weighted by atomic mass is 32.1. The average Bonchev–Trinajstić information content (AvgIpc) is 3.14. The number of nitrogens with one attached hydrogen (secondary N) is 1. The van der Waals surface area contributed by atoms with Crippen LogP contribution >= 0.6 is 11.3 Å². The topological polar surface area (TPSA) is 71.1 Å². The molecule has 7 heteroatoms. The average molecular weight is 419 g/mol. The van der Waals surface area contributed by atoms with Crippen LogP contribution < -0.4 is 5.56 Å². The number of H-pyrrole nitrogens is 1. The molecule has 2 aliphatic heterocycles. The molecule has 6 rings (SSSR count). The van der Waals surface area contributed by atoms with Crippen LogP contribution in [-0.4, -0.2) is 52.7 Å². The summed E-state index contributed by atoms with van der Waals surface area (Å²) in [6.45, 7) is 7.13. The van der Waals surface area contributed by atoms with Crippen molar-refractivity contribution in [2.24, 2.45) is 5.41 Å². The highest BCUT2D eigenvalue weighted by Gasteiger charge is 2.48. The fourth-order valence-electron chi connectivity index (χ4n) is 4.66. The first-order valence-corrected chi connectivity index (χ1v) is 11.1. The molecule has 5 heterocycles. The van der Waals surface area contributed by atoms with E-state index in [1.54, 1.807) is 11.3 Å². The minimum atomic E-state index is -0.109. The molecule has 0 aliphatic carbocycles. The molecule has 0 bridgehead atoms. The van der Waals surface area contributed by atoms with E-state index in [4.69, 9.17) is 9.72 Å². The van der Waals surface area contributed by atoms with Crippen molar-refractivity contribution in [3.05, 3.63) is 57.3 Å². The lowest BCUT2D eigenvalue weighted by molar-refractivity contribution is -0.188. The Hall–Kier alpha value is -2.61. The zero-order valence-electron chi connectivity index (χ0n) is 16.8. The number of aromatic nitrogens is 3. The molecule has 2 saturated heterocycles. The highest BCUT2D eigenvalue weighted by molar-refractivity contribution is 7.17. The number of thiophene rings is 1. The molecule has 6 nitrogen and oxygen atoms in total. The monoisotopic (exact) mass is 418 g/mol. The number of nitrogens with zero attached hydrogens (tertiary/aromatic N) is 3. The Kier molecular flexibility index (Phi) is 4.06. The summed E-state index contributed by atoms with van der Waals surface area (Å²) in [6.07, 6.45) is 2.77. The van der Waals surface area contributed by atoms with Gasteiger partial charge in [0.25, 0.3) is 5.56 Å². The van der Waals surface area contributed by atoms with Crippen molar-refractivity contribution in [1.82, 2.24) is 19.9 Å². The standard InChI is InChI=1S/C23H22N4O2S/c1-14-6-15(2-4-27-10-23(11-27)12-29-13-23)7-17-20(14)25-21(26-22(17)28)18-8-19-16(9-24-18)3-5-30-19/h3,5-9H,2,4,10-13H2,1H3,(H,25,26,28). The van der Waals surface area contributed by atoms with Gasteiger partial charge < -0.3 is 14.6 Å². The first-order valence-electron chi connectivity index (χ1n) is 10.3. The number of hydrogen-bond donors (Lipinski definition) is 1. The van der Waals surface area contributed by atoms with Gasteiger partial charge in [-0.15, -0.1) is 11.3 Å². The largest absolute Gasteiger partial charge is 0.380 e. The molecule has 1 N–H and O–H groups in total. The van der Waals surface area contributed by atoms with Gasteiger partial charge in [-0.05, 0) is 48.1 Å². The first kappa shape index (κ1) is 18.2. The SMILES string of the molecule is Cc1cc(CCN2CC3(COC3)C2)cc2c(=O)[nH]c(-c3cc4sccc4cn3)nc12. The molecular formula is C23H22N4O2S. The Balaban J connectivity index is 1.29. The molecule has 1 aromatic carbocycles. The molecule has 0 atom stereocenters. The summed E-state index contributed by atoms with van der Waals surface area (Å²) in [5, 5.41) is 3.79. The lowest BCUT2D eigenvalue weighted by atomic mass is 9.78. The number of pyridine rings is 1. The summed E-state index contributed by atoms with van der Waals surface area (Å²) in [7, 11) is 0. The van der Waals surface area contributed by atoms with Gasteiger partial charge in [0.2, 0.25) is 0 Å². The zero-order chi connectivity index (χ0) is 20.3. The molecule has 2 aliphatic rings. The van der Waals surface area contributed by atoms with Gasteiger partial charge in [-0.3, -0.25) is 9.78 Å². The molecule has 3 aromatic heterocycles. The quantitative estimate of drug-likeness (QED) is 0.550. The second-order valence-electron chi connectivity index (χ2n) is 8.70.